The van der Waals surface area contributed by atoms with Crippen molar-refractivity contribution in [3.63, 3.8) is 0 Å². The fourth-order valence-electron chi connectivity index (χ4n) is 3.90. The first kappa shape index (κ1) is 19.0. The second-order valence-corrected chi connectivity index (χ2v) is 7.22. The summed E-state index contributed by atoms with van der Waals surface area (Å²) >= 11 is 0. The van der Waals surface area contributed by atoms with Gasteiger partial charge in [-0.25, -0.2) is 0 Å². The van der Waals surface area contributed by atoms with Crippen LogP contribution in [0.1, 0.15) is 55.7 Å². The number of aryl methyl sites for hydroxylation is 1. The number of benzene rings is 2. The molecule has 3 rings (SSSR count). The Morgan fingerprint density at radius 2 is 1.85 bits per heavy atom. The molecule has 1 aliphatic rings. The molecule has 2 aromatic rings. The third-order valence-electron chi connectivity index (χ3n) is 5.40. The van der Waals surface area contributed by atoms with Crippen LogP contribution in [0.5, 0.6) is 5.75 Å². The monoisotopic (exact) mass is 362 g/mol. The van der Waals surface area contributed by atoms with E-state index in [0.29, 0.717) is 23.6 Å². The van der Waals surface area contributed by atoms with Crippen molar-refractivity contribution < 1.29 is 9.53 Å². The molecule has 0 bridgehead atoms. The van der Waals surface area contributed by atoms with Crippen molar-refractivity contribution in [1.82, 2.24) is 0 Å². The van der Waals surface area contributed by atoms with Gasteiger partial charge in [0.15, 0.2) is 0 Å². The molecular weight excluding hydrogens is 336 g/mol. The van der Waals surface area contributed by atoms with Gasteiger partial charge < -0.3 is 10.1 Å². The van der Waals surface area contributed by atoms with Crippen LogP contribution < -0.4 is 10.1 Å². The number of hydrogen-bond acceptors (Lipinski definition) is 3. The number of nitrogens with zero attached hydrogens (tertiary/aromatic N) is 1. The van der Waals surface area contributed by atoms with Crippen molar-refractivity contribution in [3.8, 4) is 11.8 Å². The summed E-state index contributed by atoms with van der Waals surface area (Å²) in [6.45, 7) is 4.43. The number of amides is 1. The lowest BCUT2D eigenvalue weighted by atomic mass is 9.68. The van der Waals surface area contributed by atoms with Crippen molar-refractivity contribution in [2.45, 2.75) is 51.4 Å². The predicted molar refractivity (Wildman–Crippen MR) is 107 cm³/mol. The molecule has 2 aromatic carbocycles. The van der Waals surface area contributed by atoms with Crippen molar-refractivity contribution in [2.75, 3.05) is 11.9 Å². The van der Waals surface area contributed by atoms with Crippen LogP contribution in [-0.4, -0.2) is 12.5 Å². The minimum absolute atomic E-state index is 0.0131. The third-order valence-corrected chi connectivity index (χ3v) is 5.40. The van der Waals surface area contributed by atoms with Gasteiger partial charge in [-0.15, -0.1) is 0 Å². The lowest BCUT2D eigenvalue weighted by Crippen LogP contribution is -2.42. The Morgan fingerprint density at radius 1 is 1.15 bits per heavy atom. The van der Waals surface area contributed by atoms with E-state index in [-0.39, 0.29) is 5.91 Å². The molecule has 1 aliphatic carbocycles. The Labute approximate surface area is 161 Å². The molecule has 4 heteroatoms. The zero-order valence-electron chi connectivity index (χ0n) is 16.0. The Balaban J connectivity index is 1.89. The SMILES string of the molecule is CCOc1ccc(NC(=O)C2(c3ccc(C)cc3)CCCCC2)cc1C#N. The molecule has 140 valence electrons. The van der Waals surface area contributed by atoms with E-state index in [1.165, 1.54) is 12.0 Å². The molecule has 0 aliphatic heterocycles. The van der Waals surface area contributed by atoms with E-state index >= 15 is 0 Å². The summed E-state index contributed by atoms with van der Waals surface area (Å²) in [7, 11) is 0. The molecule has 1 amide bonds. The summed E-state index contributed by atoms with van der Waals surface area (Å²) in [6, 6.07) is 15.7. The van der Waals surface area contributed by atoms with E-state index in [2.05, 4.69) is 42.6 Å². The fourth-order valence-corrected chi connectivity index (χ4v) is 3.90. The minimum atomic E-state index is -0.503. The maximum absolute atomic E-state index is 13.4. The van der Waals surface area contributed by atoms with Crippen molar-refractivity contribution in [3.05, 3.63) is 59.2 Å². The second kappa shape index (κ2) is 8.26. The Bertz CT molecular complexity index is 844. The summed E-state index contributed by atoms with van der Waals surface area (Å²) in [5, 5.41) is 12.4. The zero-order chi connectivity index (χ0) is 19.3. The highest BCUT2D eigenvalue weighted by Gasteiger charge is 2.41. The van der Waals surface area contributed by atoms with Gasteiger partial charge in [-0.3, -0.25) is 4.79 Å². The molecule has 0 unspecified atom stereocenters. The van der Waals surface area contributed by atoms with Crippen LogP contribution in [0, 0.1) is 18.3 Å². The number of hydrogen-bond donors (Lipinski definition) is 1. The maximum atomic E-state index is 13.4. The smallest absolute Gasteiger partial charge is 0.235 e. The second-order valence-electron chi connectivity index (χ2n) is 7.22. The highest BCUT2D eigenvalue weighted by molar-refractivity contribution is 5.99. The Kier molecular flexibility index (Phi) is 5.81. The number of carbonyl (C=O) groups is 1. The summed E-state index contributed by atoms with van der Waals surface area (Å²) in [4.78, 5) is 13.4. The molecule has 0 spiro atoms. The van der Waals surface area contributed by atoms with Gasteiger partial charge in [-0.2, -0.15) is 5.26 Å². The van der Waals surface area contributed by atoms with Crippen LogP contribution in [0.2, 0.25) is 0 Å². The van der Waals surface area contributed by atoms with Crippen LogP contribution in [0.4, 0.5) is 5.69 Å². The number of carbonyl (C=O) groups excluding carboxylic acids is 1. The van der Waals surface area contributed by atoms with E-state index in [9.17, 15) is 10.1 Å². The zero-order valence-corrected chi connectivity index (χ0v) is 16.0. The van der Waals surface area contributed by atoms with Gasteiger partial charge in [0.2, 0.25) is 5.91 Å². The van der Waals surface area contributed by atoms with Crippen molar-refractivity contribution in [2.24, 2.45) is 0 Å². The summed E-state index contributed by atoms with van der Waals surface area (Å²) < 4.78 is 5.47. The van der Waals surface area contributed by atoms with E-state index in [0.717, 1.165) is 31.2 Å². The van der Waals surface area contributed by atoms with Crippen molar-refractivity contribution in [1.29, 1.82) is 5.26 Å². The molecule has 1 fully saturated rings. The lowest BCUT2D eigenvalue weighted by molar-refractivity contribution is -0.122. The molecule has 0 radical (unpaired) electrons. The quantitative estimate of drug-likeness (QED) is 0.804. The number of nitrogens with one attached hydrogen (secondary N) is 1. The highest BCUT2D eigenvalue weighted by Crippen LogP contribution is 2.40. The van der Waals surface area contributed by atoms with E-state index in [1.807, 2.05) is 6.92 Å². The van der Waals surface area contributed by atoms with Crippen LogP contribution in [0.25, 0.3) is 0 Å². The highest BCUT2D eigenvalue weighted by atomic mass is 16.5. The van der Waals surface area contributed by atoms with Gasteiger partial charge in [-0.1, -0.05) is 49.1 Å². The standard InChI is InChI=1S/C23H26N2O2/c1-3-27-21-12-11-20(15-18(21)16-24)25-22(26)23(13-5-4-6-14-23)19-9-7-17(2)8-10-19/h7-12,15H,3-6,13-14H2,1-2H3,(H,25,26). The van der Waals surface area contributed by atoms with Crippen LogP contribution >= 0.6 is 0 Å². The number of rotatable bonds is 5. The minimum Gasteiger partial charge on any atom is -0.492 e. The van der Waals surface area contributed by atoms with Gasteiger partial charge in [0.1, 0.15) is 11.8 Å². The Hall–Kier alpha value is -2.80. The van der Waals surface area contributed by atoms with Crippen LogP contribution in [-0.2, 0) is 10.2 Å². The van der Waals surface area contributed by atoms with Gasteiger partial charge >= 0.3 is 0 Å². The summed E-state index contributed by atoms with van der Waals surface area (Å²) in [5.41, 5.74) is 2.84. The molecule has 0 atom stereocenters. The first-order valence-electron chi connectivity index (χ1n) is 9.64. The van der Waals surface area contributed by atoms with Gasteiger partial charge in [-0.05, 0) is 50.5 Å². The molecule has 4 nitrogen and oxygen atoms in total. The summed E-state index contributed by atoms with van der Waals surface area (Å²) in [6.07, 6.45) is 4.97. The number of anilines is 1. The van der Waals surface area contributed by atoms with Gasteiger partial charge in [0, 0.05) is 5.69 Å². The molecule has 27 heavy (non-hydrogen) atoms. The van der Waals surface area contributed by atoms with E-state index < -0.39 is 5.41 Å². The molecule has 1 saturated carbocycles. The average molecular weight is 362 g/mol. The Morgan fingerprint density at radius 3 is 2.48 bits per heavy atom. The molecule has 0 aromatic heterocycles. The third kappa shape index (κ3) is 3.98. The summed E-state index contributed by atoms with van der Waals surface area (Å²) in [5.74, 6) is 0.558. The number of ether oxygens (including phenoxy) is 1. The maximum Gasteiger partial charge on any atom is 0.235 e. The number of nitriles is 1. The van der Waals surface area contributed by atoms with E-state index in [4.69, 9.17) is 4.74 Å². The fraction of sp³-hybridized carbons (Fsp3) is 0.391. The first-order chi connectivity index (χ1) is 13.1. The average Bonchev–Trinajstić information content (AvgIpc) is 2.70. The normalized spacial score (nSPS) is 15.6. The van der Waals surface area contributed by atoms with Gasteiger partial charge in [0.25, 0.3) is 0 Å². The molecule has 0 saturated heterocycles. The van der Waals surface area contributed by atoms with Crippen LogP contribution in [0.3, 0.4) is 0 Å². The van der Waals surface area contributed by atoms with Crippen LogP contribution in [0.15, 0.2) is 42.5 Å². The largest absolute Gasteiger partial charge is 0.492 e. The molecule has 0 heterocycles. The van der Waals surface area contributed by atoms with Gasteiger partial charge in [0.05, 0.1) is 17.6 Å². The topological polar surface area (TPSA) is 62.1 Å². The lowest BCUT2D eigenvalue weighted by Gasteiger charge is -2.36. The molecule has 1 N–H and O–H groups in total. The molecular formula is C23H26N2O2. The first-order valence-corrected chi connectivity index (χ1v) is 9.64. The van der Waals surface area contributed by atoms with E-state index in [1.54, 1.807) is 18.2 Å². The van der Waals surface area contributed by atoms with Crippen molar-refractivity contribution >= 4 is 11.6 Å². The predicted octanol–water partition coefficient (Wildman–Crippen LogP) is 5.11.